The number of aromatic nitrogens is 1. The van der Waals surface area contributed by atoms with E-state index in [2.05, 4.69) is 32.8 Å². The second-order valence-electron chi connectivity index (χ2n) is 3.71. The fourth-order valence-corrected chi connectivity index (χ4v) is 1.98. The monoisotopic (exact) mass is 330 g/mol. The lowest BCUT2D eigenvalue weighted by atomic mass is 10.0. The summed E-state index contributed by atoms with van der Waals surface area (Å²) in [6.45, 7) is 3.47. The van der Waals surface area contributed by atoms with Crippen LogP contribution in [0.1, 0.15) is 23.2 Å². The van der Waals surface area contributed by atoms with Gasteiger partial charge in [0, 0.05) is 17.1 Å². The van der Waals surface area contributed by atoms with Crippen molar-refractivity contribution in [1.82, 2.24) is 10.3 Å². The first-order chi connectivity index (χ1) is 8.95. The maximum atomic E-state index is 13.4. The van der Waals surface area contributed by atoms with E-state index >= 15 is 0 Å². The molecule has 0 fully saturated rings. The molecule has 0 saturated carbocycles. The standard InChI is InChI=1S/C12H12BrFN2O3/c1-2-7(16-12(18)19)3-4-9(17)10-8(13)5-6-15-11(10)14/h2,5-7,16H,1,3-4H2,(H,18,19). The van der Waals surface area contributed by atoms with Crippen LogP contribution in [-0.2, 0) is 0 Å². The van der Waals surface area contributed by atoms with Gasteiger partial charge < -0.3 is 10.4 Å². The van der Waals surface area contributed by atoms with E-state index < -0.39 is 23.9 Å². The number of hydrogen-bond acceptors (Lipinski definition) is 3. The molecule has 19 heavy (non-hydrogen) atoms. The number of carbonyl (C=O) groups excluding carboxylic acids is 1. The molecule has 1 rings (SSSR count). The molecule has 5 nitrogen and oxygen atoms in total. The third kappa shape index (κ3) is 4.44. The van der Waals surface area contributed by atoms with Crippen LogP contribution in [-0.4, -0.2) is 28.0 Å². The lowest BCUT2D eigenvalue weighted by molar-refractivity contribution is 0.0971. The van der Waals surface area contributed by atoms with Crippen molar-refractivity contribution in [3.63, 3.8) is 0 Å². The van der Waals surface area contributed by atoms with Gasteiger partial charge in [-0.25, -0.2) is 9.78 Å². The Bertz CT molecular complexity index is 487. The van der Waals surface area contributed by atoms with E-state index in [0.717, 1.165) is 0 Å². The van der Waals surface area contributed by atoms with Crippen LogP contribution in [0.2, 0.25) is 0 Å². The molecule has 0 aromatic carbocycles. The number of halogens is 2. The van der Waals surface area contributed by atoms with Crippen molar-refractivity contribution in [2.24, 2.45) is 0 Å². The number of nitrogens with one attached hydrogen (secondary N) is 1. The Kier molecular flexibility index (Phi) is 5.62. The van der Waals surface area contributed by atoms with Crippen molar-refractivity contribution >= 4 is 27.8 Å². The molecule has 2 N–H and O–H groups in total. The molecule has 1 unspecified atom stereocenters. The Balaban J connectivity index is 2.70. The molecule has 0 aliphatic rings. The molecule has 0 radical (unpaired) electrons. The molecule has 1 amide bonds. The highest BCUT2D eigenvalue weighted by Gasteiger charge is 2.18. The molecule has 0 spiro atoms. The minimum absolute atomic E-state index is 0.0157. The van der Waals surface area contributed by atoms with Gasteiger partial charge in [-0.1, -0.05) is 6.08 Å². The molecule has 7 heteroatoms. The largest absolute Gasteiger partial charge is 0.465 e. The molecule has 0 bridgehead atoms. The highest BCUT2D eigenvalue weighted by Crippen LogP contribution is 2.20. The third-order valence-electron chi connectivity index (χ3n) is 2.41. The number of carbonyl (C=O) groups is 2. The molecule has 0 aliphatic heterocycles. The smallest absolute Gasteiger partial charge is 0.405 e. The number of pyridine rings is 1. The average molecular weight is 331 g/mol. The Morgan fingerprint density at radius 1 is 1.63 bits per heavy atom. The van der Waals surface area contributed by atoms with E-state index in [0.29, 0.717) is 4.47 Å². The molecule has 1 aromatic rings. The number of hydrogen-bond donors (Lipinski definition) is 2. The summed E-state index contributed by atoms with van der Waals surface area (Å²) in [7, 11) is 0. The van der Waals surface area contributed by atoms with Gasteiger partial charge in [-0.2, -0.15) is 4.39 Å². The van der Waals surface area contributed by atoms with Gasteiger partial charge in [0.1, 0.15) is 0 Å². The number of ketones is 1. The van der Waals surface area contributed by atoms with Crippen LogP contribution in [0.5, 0.6) is 0 Å². The van der Waals surface area contributed by atoms with Gasteiger partial charge in [-0.15, -0.1) is 6.58 Å². The van der Waals surface area contributed by atoms with Crippen molar-refractivity contribution in [3.05, 3.63) is 40.9 Å². The normalized spacial score (nSPS) is 11.7. The SMILES string of the molecule is C=CC(CCC(=O)c1c(Br)ccnc1F)NC(=O)O. The van der Waals surface area contributed by atoms with Crippen LogP contribution in [0, 0.1) is 5.95 Å². The molecule has 1 aromatic heterocycles. The second-order valence-corrected chi connectivity index (χ2v) is 4.57. The van der Waals surface area contributed by atoms with Crippen molar-refractivity contribution in [3.8, 4) is 0 Å². The summed E-state index contributed by atoms with van der Waals surface area (Å²) < 4.78 is 13.8. The summed E-state index contributed by atoms with van der Waals surface area (Å²) in [5, 5.41) is 10.8. The number of rotatable bonds is 6. The van der Waals surface area contributed by atoms with Crippen molar-refractivity contribution in [2.75, 3.05) is 0 Å². The van der Waals surface area contributed by atoms with Gasteiger partial charge in [0.05, 0.1) is 11.6 Å². The third-order valence-corrected chi connectivity index (χ3v) is 3.07. The maximum absolute atomic E-state index is 13.4. The first-order valence-corrected chi connectivity index (χ1v) is 6.20. The minimum atomic E-state index is -1.20. The van der Waals surface area contributed by atoms with E-state index in [9.17, 15) is 14.0 Å². The second kappa shape index (κ2) is 6.98. The first kappa shape index (κ1) is 15.3. The molecule has 1 heterocycles. The molecule has 0 aliphatic carbocycles. The zero-order valence-electron chi connectivity index (χ0n) is 9.90. The average Bonchev–Trinajstić information content (AvgIpc) is 2.33. The highest BCUT2D eigenvalue weighted by atomic mass is 79.9. The van der Waals surface area contributed by atoms with Crippen LogP contribution in [0.25, 0.3) is 0 Å². The summed E-state index contributed by atoms with van der Waals surface area (Å²) in [5.41, 5.74) is -0.124. The quantitative estimate of drug-likeness (QED) is 0.477. The van der Waals surface area contributed by atoms with Crippen LogP contribution in [0.4, 0.5) is 9.18 Å². The van der Waals surface area contributed by atoms with Crippen molar-refractivity contribution < 1.29 is 19.1 Å². The fraction of sp³-hybridized carbons (Fsp3) is 0.250. The first-order valence-electron chi connectivity index (χ1n) is 5.41. The predicted molar refractivity (Wildman–Crippen MR) is 70.6 cm³/mol. The number of carboxylic acid groups (broad SMARTS) is 1. The zero-order chi connectivity index (χ0) is 14.4. The highest BCUT2D eigenvalue weighted by molar-refractivity contribution is 9.10. The van der Waals surface area contributed by atoms with E-state index in [1.165, 1.54) is 18.3 Å². The van der Waals surface area contributed by atoms with Gasteiger partial charge in [-0.05, 0) is 28.4 Å². The van der Waals surface area contributed by atoms with Crippen molar-refractivity contribution in [1.29, 1.82) is 0 Å². The summed E-state index contributed by atoms with van der Waals surface area (Å²) in [6, 6.07) is 0.913. The van der Waals surface area contributed by atoms with E-state index in [4.69, 9.17) is 5.11 Å². The molecule has 1 atom stereocenters. The Morgan fingerprint density at radius 2 is 2.32 bits per heavy atom. The number of amides is 1. The van der Waals surface area contributed by atoms with Gasteiger partial charge in [-0.3, -0.25) is 4.79 Å². The van der Waals surface area contributed by atoms with Crippen molar-refractivity contribution in [2.45, 2.75) is 18.9 Å². The Labute approximate surface area is 117 Å². The maximum Gasteiger partial charge on any atom is 0.405 e. The zero-order valence-corrected chi connectivity index (χ0v) is 11.5. The molecule has 0 saturated heterocycles. The predicted octanol–water partition coefficient (Wildman–Crippen LogP) is 2.77. The Morgan fingerprint density at radius 3 is 2.84 bits per heavy atom. The van der Waals surface area contributed by atoms with Gasteiger partial charge >= 0.3 is 6.09 Å². The minimum Gasteiger partial charge on any atom is -0.465 e. The lowest BCUT2D eigenvalue weighted by Gasteiger charge is -2.11. The van der Waals surface area contributed by atoms with Crippen LogP contribution < -0.4 is 5.32 Å². The van der Waals surface area contributed by atoms with Crippen LogP contribution >= 0.6 is 15.9 Å². The van der Waals surface area contributed by atoms with Gasteiger partial charge in [0.15, 0.2) is 5.78 Å². The van der Waals surface area contributed by atoms with E-state index in [1.807, 2.05) is 0 Å². The van der Waals surface area contributed by atoms with Gasteiger partial charge in [0.2, 0.25) is 5.95 Å². The number of Topliss-reactive ketones (excluding diaryl/α,β-unsaturated/α-hetero) is 1. The van der Waals surface area contributed by atoms with Crippen LogP contribution in [0.15, 0.2) is 29.4 Å². The van der Waals surface area contributed by atoms with E-state index in [1.54, 1.807) is 0 Å². The topological polar surface area (TPSA) is 79.3 Å². The van der Waals surface area contributed by atoms with E-state index in [-0.39, 0.29) is 18.4 Å². The summed E-state index contributed by atoms with van der Waals surface area (Å²) >= 11 is 3.08. The summed E-state index contributed by atoms with van der Waals surface area (Å²) in [6.07, 6.45) is 1.62. The lowest BCUT2D eigenvalue weighted by Crippen LogP contribution is -2.32. The summed E-state index contributed by atoms with van der Waals surface area (Å²) in [5.74, 6) is -1.29. The Hall–Kier alpha value is -1.76. The number of nitrogens with zero attached hydrogens (tertiary/aromatic N) is 1. The molecular weight excluding hydrogens is 319 g/mol. The fourth-order valence-electron chi connectivity index (χ4n) is 1.48. The molecule has 102 valence electrons. The van der Waals surface area contributed by atoms with Crippen LogP contribution in [0.3, 0.4) is 0 Å². The van der Waals surface area contributed by atoms with Gasteiger partial charge in [0.25, 0.3) is 0 Å². The molecular formula is C12H12BrFN2O3. The summed E-state index contributed by atoms with van der Waals surface area (Å²) in [4.78, 5) is 25.8.